The molecular formula is C13H13ClFNO2S. The van der Waals surface area contributed by atoms with Crippen LogP contribution in [0.2, 0.25) is 5.02 Å². The van der Waals surface area contributed by atoms with Gasteiger partial charge in [0.15, 0.2) is 0 Å². The summed E-state index contributed by atoms with van der Waals surface area (Å²) >= 11 is 7.28. The molecule has 1 heterocycles. The van der Waals surface area contributed by atoms with Gasteiger partial charge in [0.05, 0.1) is 11.1 Å². The fourth-order valence-corrected chi connectivity index (χ4v) is 3.12. The van der Waals surface area contributed by atoms with Gasteiger partial charge in [-0.3, -0.25) is 4.79 Å². The van der Waals surface area contributed by atoms with Gasteiger partial charge < -0.3 is 10.4 Å². The molecule has 1 aromatic heterocycles. The van der Waals surface area contributed by atoms with Gasteiger partial charge in [-0.15, -0.1) is 11.3 Å². The maximum absolute atomic E-state index is 13.1. The van der Waals surface area contributed by atoms with Crippen LogP contribution in [0, 0.1) is 5.82 Å². The lowest BCUT2D eigenvalue weighted by Crippen LogP contribution is -2.25. The number of benzene rings is 1. The van der Waals surface area contributed by atoms with Crippen LogP contribution in [0.1, 0.15) is 23.0 Å². The normalized spacial score (nSPS) is 12.6. The number of fused-ring (bicyclic) bond motifs is 1. The van der Waals surface area contributed by atoms with Gasteiger partial charge in [-0.25, -0.2) is 4.39 Å². The minimum atomic E-state index is -0.465. The Bertz CT molecular complexity index is 612. The standard InChI is InChI=1S/C13H13ClFNO2S/c1-7(17)4-5-16-13(18)12-11(14)9-3-2-8(15)6-10(9)19-12/h2-3,6-7,17H,4-5H2,1H3,(H,16,18). The Morgan fingerprint density at radius 1 is 1.58 bits per heavy atom. The molecule has 1 amide bonds. The lowest BCUT2D eigenvalue weighted by atomic mass is 10.2. The van der Waals surface area contributed by atoms with Gasteiger partial charge in [-0.1, -0.05) is 11.6 Å². The van der Waals surface area contributed by atoms with Crippen molar-refractivity contribution in [2.75, 3.05) is 6.54 Å². The second-order valence-electron chi connectivity index (χ2n) is 4.28. The fourth-order valence-electron chi connectivity index (χ4n) is 1.66. The third kappa shape index (κ3) is 3.23. The number of aliphatic hydroxyl groups excluding tert-OH is 1. The number of thiophene rings is 1. The van der Waals surface area contributed by atoms with Crippen LogP contribution in [0.3, 0.4) is 0 Å². The quantitative estimate of drug-likeness (QED) is 0.911. The van der Waals surface area contributed by atoms with Gasteiger partial charge in [0.1, 0.15) is 10.7 Å². The van der Waals surface area contributed by atoms with Gasteiger partial charge in [-0.2, -0.15) is 0 Å². The smallest absolute Gasteiger partial charge is 0.262 e. The van der Waals surface area contributed by atoms with E-state index in [1.807, 2.05) is 0 Å². The molecular weight excluding hydrogens is 289 g/mol. The summed E-state index contributed by atoms with van der Waals surface area (Å²) in [6.07, 6.45) is 0.00960. The Morgan fingerprint density at radius 3 is 3.00 bits per heavy atom. The number of aliphatic hydroxyl groups is 1. The molecule has 2 aromatic rings. The zero-order valence-electron chi connectivity index (χ0n) is 10.2. The third-order valence-corrected chi connectivity index (χ3v) is 4.30. The molecule has 0 fully saturated rings. The zero-order chi connectivity index (χ0) is 14.0. The molecule has 0 bridgehead atoms. The second-order valence-corrected chi connectivity index (χ2v) is 5.71. The zero-order valence-corrected chi connectivity index (χ0v) is 11.8. The van der Waals surface area contributed by atoms with Gasteiger partial charge in [0.2, 0.25) is 0 Å². The summed E-state index contributed by atoms with van der Waals surface area (Å²) in [6, 6.07) is 4.24. The van der Waals surface area contributed by atoms with Crippen molar-refractivity contribution >= 4 is 38.9 Å². The first-order chi connectivity index (χ1) is 8.99. The molecule has 1 atom stereocenters. The molecule has 1 aromatic carbocycles. The van der Waals surface area contributed by atoms with Crippen LogP contribution in [0.25, 0.3) is 10.1 Å². The molecule has 1 unspecified atom stereocenters. The summed E-state index contributed by atoms with van der Waals surface area (Å²) in [5, 5.41) is 12.8. The molecule has 6 heteroatoms. The summed E-state index contributed by atoms with van der Waals surface area (Å²) in [7, 11) is 0. The molecule has 2 N–H and O–H groups in total. The van der Waals surface area contributed by atoms with Crippen molar-refractivity contribution in [2.24, 2.45) is 0 Å². The number of amides is 1. The lowest BCUT2D eigenvalue weighted by molar-refractivity contribution is 0.0950. The molecule has 0 saturated carbocycles. The van der Waals surface area contributed by atoms with E-state index in [4.69, 9.17) is 16.7 Å². The first-order valence-electron chi connectivity index (χ1n) is 5.83. The average molecular weight is 302 g/mol. The number of hydrogen-bond donors (Lipinski definition) is 2. The number of hydrogen-bond acceptors (Lipinski definition) is 3. The van der Waals surface area contributed by atoms with E-state index >= 15 is 0 Å². The molecule has 3 nitrogen and oxygen atoms in total. The second kappa shape index (κ2) is 5.86. The van der Waals surface area contributed by atoms with E-state index in [1.54, 1.807) is 13.0 Å². The monoisotopic (exact) mass is 301 g/mol. The van der Waals surface area contributed by atoms with Crippen LogP contribution >= 0.6 is 22.9 Å². The molecule has 2 rings (SSSR count). The van der Waals surface area contributed by atoms with Crippen LogP contribution in [-0.4, -0.2) is 23.7 Å². The molecule has 0 saturated heterocycles. The Labute approximate surface area is 119 Å². The maximum Gasteiger partial charge on any atom is 0.262 e. The topological polar surface area (TPSA) is 49.3 Å². The SMILES string of the molecule is CC(O)CCNC(=O)c1sc2cc(F)ccc2c1Cl. The van der Waals surface area contributed by atoms with Crippen LogP contribution in [0.15, 0.2) is 18.2 Å². The molecule has 0 spiro atoms. The summed E-state index contributed by atoms with van der Waals surface area (Å²) in [6.45, 7) is 2.02. The van der Waals surface area contributed by atoms with Crippen LogP contribution in [0.5, 0.6) is 0 Å². The van der Waals surface area contributed by atoms with E-state index < -0.39 is 6.10 Å². The van der Waals surface area contributed by atoms with Gasteiger partial charge in [-0.05, 0) is 31.5 Å². The maximum atomic E-state index is 13.1. The van der Waals surface area contributed by atoms with Gasteiger partial charge in [0.25, 0.3) is 5.91 Å². The lowest BCUT2D eigenvalue weighted by Gasteiger charge is -2.05. The van der Waals surface area contributed by atoms with E-state index in [2.05, 4.69) is 5.32 Å². The molecule has 102 valence electrons. The molecule has 0 radical (unpaired) electrons. The van der Waals surface area contributed by atoms with Crippen molar-refractivity contribution in [3.8, 4) is 0 Å². The number of nitrogens with one attached hydrogen (secondary N) is 1. The third-order valence-electron chi connectivity index (χ3n) is 2.65. The van der Waals surface area contributed by atoms with E-state index in [9.17, 15) is 9.18 Å². The summed E-state index contributed by atoms with van der Waals surface area (Å²) in [5.74, 6) is -0.654. The highest BCUT2D eigenvalue weighted by molar-refractivity contribution is 7.21. The number of halogens is 2. The van der Waals surface area contributed by atoms with Crippen molar-refractivity contribution in [3.63, 3.8) is 0 Å². The van der Waals surface area contributed by atoms with Crippen LogP contribution in [0.4, 0.5) is 4.39 Å². The number of rotatable bonds is 4. The van der Waals surface area contributed by atoms with Crippen molar-refractivity contribution in [1.29, 1.82) is 0 Å². The largest absolute Gasteiger partial charge is 0.393 e. The molecule has 0 aliphatic heterocycles. The number of carbonyl (C=O) groups excluding carboxylic acids is 1. The Hall–Kier alpha value is -1.17. The Balaban J connectivity index is 2.20. The highest BCUT2D eigenvalue weighted by atomic mass is 35.5. The van der Waals surface area contributed by atoms with Crippen LogP contribution < -0.4 is 5.32 Å². The minimum absolute atomic E-state index is 0.299. The fraction of sp³-hybridized carbons (Fsp3) is 0.308. The van der Waals surface area contributed by atoms with E-state index in [1.165, 1.54) is 12.1 Å². The highest BCUT2D eigenvalue weighted by Crippen LogP contribution is 2.35. The van der Waals surface area contributed by atoms with Crippen molar-refractivity contribution in [1.82, 2.24) is 5.32 Å². The van der Waals surface area contributed by atoms with E-state index in [0.717, 1.165) is 11.3 Å². The Morgan fingerprint density at radius 2 is 2.32 bits per heavy atom. The summed E-state index contributed by atoms with van der Waals surface area (Å²) < 4.78 is 13.7. The predicted octanol–water partition coefficient (Wildman–Crippen LogP) is 3.19. The Kier molecular flexibility index (Phi) is 4.39. The number of carbonyl (C=O) groups is 1. The summed E-state index contributed by atoms with van der Waals surface area (Å²) in [4.78, 5) is 12.3. The molecule has 0 aliphatic rings. The highest BCUT2D eigenvalue weighted by Gasteiger charge is 2.17. The summed E-state index contributed by atoms with van der Waals surface area (Å²) in [5.41, 5.74) is 0. The minimum Gasteiger partial charge on any atom is -0.393 e. The molecule has 0 aliphatic carbocycles. The first-order valence-corrected chi connectivity index (χ1v) is 7.02. The predicted molar refractivity (Wildman–Crippen MR) is 75.4 cm³/mol. The van der Waals surface area contributed by atoms with Gasteiger partial charge in [0, 0.05) is 16.6 Å². The van der Waals surface area contributed by atoms with E-state index in [0.29, 0.717) is 33.0 Å². The molecule has 19 heavy (non-hydrogen) atoms. The van der Waals surface area contributed by atoms with Crippen molar-refractivity contribution in [3.05, 3.63) is 33.9 Å². The van der Waals surface area contributed by atoms with Crippen molar-refractivity contribution < 1.29 is 14.3 Å². The average Bonchev–Trinajstić information content (AvgIpc) is 2.65. The van der Waals surface area contributed by atoms with Crippen molar-refractivity contribution in [2.45, 2.75) is 19.4 Å². The van der Waals surface area contributed by atoms with Crippen LogP contribution in [-0.2, 0) is 0 Å². The first kappa shape index (κ1) is 14.2. The van der Waals surface area contributed by atoms with Gasteiger partial charge >= 0.3 is 0 Å². The van der Waals surface area contributed by atoms with E-state index in [-0.39, 0.29) is 11.7 Å².